The van der Waals surface area contributed by atoms with Crippen molar-refractivity contribution >= 4 is 11.9 Å². The molecule has 0 fully saturated rings. The Kier molecular flexibility index (Phi) is 61.0. The molecule has 0 aliphatic heterocycles. The van der Waals surface area contributed by atoms with Crippen LogP contribution >= 0.6 is 0 Å². The standard InChI is InChI=1S/C67H127NO5/c1-3-5-7-9-11-13-15-17-19-20-21-22-23-24-26-29-32-35-39-43-47-51-55-59-65(70)64(63-69)68-66(71)60-56-52-48-44-40-36-33-30-27-25-28-31-34-38-42-46-50-54-58-62-73-67(72)61-57-53-49-45-41-37-18-16-14-12-10-8-6-4-2/h16,18,31,34,38,42,64-65,69-70H,3-15,17,19-30,32-33,35-37,39-41,43-63H2,1-2H3,(H,68,71)/b18-16-,34-31-,42-38-. The second kappa shape index (κ2) is 62.6. The maximum Gasteiger partial charge on any atom is 0.305 e. The topological polar surface area (TPSA) is 95.9 Å². The van der Waals surface area contributed by atoms with Crippen molar-refractivity contribution in [2.45, 2.75) is 366 Å². The van der Waals surface area contributed by atoms with Crippen LogP contribution in [-0.2, 0) is 14.3 Å². The number of aliphatic hydroxyl groups excluding tert-OH is 2. The summed E-state index contributed by atoms with van der Waals surface area (Å²) in [5.41, 5.74) is 0. The zero-order valence-corrected chi connectivity index (χ0v) is 49.1. The van der Waals surface area contributed by atoms with Crippen molar-refractivity contribution < 1.29 is 24.5 Å². The Morgan fingerprint density at radius 2 is 0.685 bits per heavy atom. The lowest BCUT2D eigenvalue weighted by Crippen LogP contribution is -2.45. The number of esters is 1. The van der Waals surface area contributed by atoms with Crippen LogP contribution in [0, 0.1) is 0 Å². The van der Waals surface area contributed by atoms with Crippen molar-refractivity contribution in [2.24, 2.45) is 0 Å². The Bertz CT molecular complexity index is 1180. The smallest absolute Gasteiger partial charge is 0.305 e. The molecule has 0 aromatic carbocycles. The molecule has 6 nitrogen and oxygen atoms in total. The van der Waals surface area contributed by atoms with Gasteiger partial charge in [-0.05, 0) is 83.5 Å². The van der Waals surface area contributed by atoms with Gasteiger partial charge < -0.3 is 20.3 Å². The van der Waals surface area contributed by atoms with Crippen LogP contribution in [0.3, 0.4) is 0 Å². The number of hydrogen-bond donors (Lipinski definition) is 3. The lowest BCUT2D eigenvalue weighted by Gasteiger charge is -2.22. The summed E-state index contributed by atoms with van der Waals surface area (Å²) in [6, 6.07) is -0.551. The average molecular weight is 1030 g/mol. The molecule has 2 unspecified atom stereocenters. The first-order valence-electron chi connectivity index (χ1n) is 32.8. The maximum absolute atomic E-state index is 12.5. The van der Waals surface area contributed by atoms with E-state index < -0.39 is 12.1 Å². The predicted octanol–water partition coefficient (Wildman–Crippen LogP) is 20.8. The van der Waals surface area contributed by atoms with Gasteiger partial charge in [-0.3, -0.25) is 9.59 Å². The lowest BCUT2D eigenvalue weighted by atomic mass is 10.0. The van der Waals surface area contributed by atoms with Gasteiger partial charge >= 0.3 is 5.97 Å². The number of allylic oxidation sites excluding steroid dienone is 6. The minimum atomic E-state index is -0.673. The fraction of sp³-hybridized carbons (Fsp3) is 0.881. The summed E-state index contributed by atoms with van der Waals surface area (Å²) in [6.07, 6.45) is 78.8. The first kappa shape index (κ1) is 71.1. The Morgan fingerprint density at radius 3 is 1.05 bits per heavy atom. The van der Waals surface area contributed by atoms with Crippen molar-refractivity contribution in [3.63, 3.8) is 0 Å². The second-order valence-corrected chi connectivity index (χ2v) is 22.5. The molecule has 0 heterocycles. The highest BCUT2D eigenvalue weighted by molar-refractivity contribution is 5.76. The number of carbonyl (C=O) groups excluding carboxylic acids is 2. The van der Waals surface area contributed by atoms with Crippen molar-refractivity contribution in [3.8, 4) is 0 Å². The lowest BCUT2D eigenvalue weighted by molar-refractivity contribution is -0.143. The number of rotatable bonds is 61. The molecule has 2 atom stereocenters. The van der Waals surface area contributed by atoms with E-state index in [2.05, 4.69) is 55.6 Å². The van der Waals surface area contributed by atoms with E-state index in [-0.39, 0.29) is 18.5 Å². The molecule has 0 aliphatic rings. The summed E-state index contributed by atoms with van der Waals surface area (Å²) in [4.78, 5) is 24.6. The normalized spacial score (nSPS) is 12.8. The first-order chi connectivity index (χ1) is 36.0. The molecule has 0 saturated carbocycles. The Balaban J connectivity index is 3.47. The minimum Gasteiger partial charge on any atom is -0.466 e. The largest absolute Gasteiger partial charge is 0.466 e. The third kappa shape index (κ3) is 59.2. The molecule has 0 bridgehead atoms. The second-order valence-electron chi connectivity index (χ2n) is 22.5. The van der Waals surface area contributed by atoms with Crippen LogP contribution in [0.2, 0.25) is 0 Å². The van der Waals surface area contributed by atoms with Gasteiger partial charge in [0.25, 0.3) is 0 Å². The van der Waals surface area contributed by atoms with Gasteiger partial charge in [-0.1, -0.05) is 294 Å². The molecule has 1 amide bonds. The third-order valence-electron chi connectivity index (χ3n) is 15.2. The van der Waals surface area contributed by atoms with Gasteiger partial charge in [-0.15, -0.1) is 0 Å². The van der Waals surface area contributed by atoms with Crippen molar-refractivity contribution in [2.75, 3.05) is 13.2 Å². The molecule has 73 heavy (non-hydrogen) atoms. The van der Waals surface area contributed by atoms with Gasteiger partial charge in [0.05, 0.1) is 25.4 Å². The van der Waals surface area contributed by atoms with Crippen LogP contribution in [0.5, 0.6) is 0 Å². The van der Waals surface area contributed by atoms with E-state index in [9.17, 15) is 19.8 Å². The molecule has 0 saturated heterocycles. The molecule has 0 spiro atoms. The fourth-order valence-corrected chi connectivity index (χ4v) is 10.2. The molecule has 3 N–H and O–H groups in total. The number of ether oxygens (including phenoxy) is 1. The number of nitrogens with one attached hydrogen (secondary N) is 1. The molecular formula is C67H127NO5. The summed E-state index contributed by atoms with van der Waals surface area (Å²) in [6.45, 7) is 4.92. The quantitative estimate of drug-likeness (QED) is 0.0244. The summed E-state index contributed by atoms with van der Waals surface area (Å²) >= 11 is 0. The van der Waals surface area contributed by atoms with Crippen LogP contribution < -0.4 is 5.32 Å². The molecule has 0 radical (unpaired) electrons. The highest BCUT2D eigenvalue weighted by Crippen LogP contribution is 2.18. The molecule has 0 aromatic heterocycles. The van der Waals surface area contributed by atoms with E-state index in [0.29, 0.717) is 25.9 Å². The molecule has 430 valence electrons. The summed E-state index contributed by atoms with van der Waals surface area (Å²) in [5, 5.41) is 23.4. The van der Waals surface area contributed by atoms with E-state index in [1.165, 1.54) is 250 Å². The fourth-order valence-electron chi connectivity index (χ4n) is 10.2. The summed E-state index contributed by atoms with van der Waals surface area (Å²) in [7, 11) is 0. The van der Waals surface area contributed by atoms with Crippen LogP contribution in [0.1, 0.15) is 354 Å². The molecule has 0 rings (SSSR count). The van der Waals surface area contributed by atoms with Gasteiger partial charge in [0.15, 0.2) is 0 Å². The highest BCUT2D eigenvalue weighted by Gasteiger charge is 2.20. The van der Waals surface area contributed by atoms with Gasteiger partial charge in [-0.2, -0.15) is 0 Å². The number of carbonyl (C=O) groups is 2. The summed E-state index contributed by atoms with van der Waals surface area (Å²) in [5.74, 6) is -0.0630. The van der Waals surface area contributed by atoms with Crippen LogP contribution in [0.4, 0.5) is 0 Å². The van der Waals surface area contributed by atoms with E-state index in [1.807, 2.05) is 0 Å². The first-order valence-corrected chi connectivity index (χ1v) is 32.8. The third-order valence-corrected chi connectivity index (χ3v) is 15.2. The molecule has 6 heteroatoms. The van der Waals surface area contributed by atoms with Crippen molar-refractivity contribution in [1.29, 1.82) is 0 Å². The Hall–Kier alpha value is -1.92. The average Bonchev–Trinajstić information content (AvgIpc) is 3.39. The van der Waals surface area contributed by atoms with Crippen LogP contribution in [0.25, 0.3) is 0 Å². The number of hydrogen-bond acceptors (Lipinski definition) is 5. The van der Waals surface area contributed by atoms with E-state index in [0.717, 1.165) is 70.6 Å². The van der Waals surface area contributed by atoms with Crippen molar-refractivity contribution in [3.05, 3.63) is 36.5 Å². The molecular weight excluding hydrogens is 899 g/mol. The van der Waals surface area contributed by atoms with Gasteiger partial charge in [0.1, 0.15) is 0 Å². The Morgan fingerprint density at radius 1 is 0.384 bits per heavy atom. The van der Waals surface area contributed by atoms with E-state index in [1.54, 1.807) is 0 Å². The zero-order valence-electron chi connectivity index (χ0n) is 49.1. The number of aliphatic hydroxyl groups is 2. The number of amides is 1. The van der Waals surface area contributed by atoms with Gasteiger partial charge in [-0.25, -0.2) is 0 Å². The van der Waals surface area contributed by atoms with Crippen LogP contribution in [0.15, 0.2) is 36.5 Å². The van der Waals surface area contributed by atoms with E-state index >= 15 is 0 Å². The molecule has 0 aliphatic carbocycles. The minimum absolute atomic E-state index is 0.0214. The van der Waals surface area contributed by atoms with Gasteiger partial charge in [0, 0.05) is 12.8 Å². The van der Waals surface area contributed by atoms with Crippen LogP contribution in [-0.4, -0.2) is 47.4 Å². The van der Waals surface area contributed by atoms with Gasteiger partial charge in [0.2, 0.25) is 5.91 Å². The SMILES string of the molecule is CCCCCCC/C=C\CCCCCCCC(=O)OCCCCC/C=C\C=C/CCCCCCCCCCCCC(=O)NC(CO)C(O)CCCCCCCCCCCCCCCCCCCCCCCCC. The number of unbranched alkanes of at least 4 members (excludes halogenated alkanes) is 45. The molecule has 0 aromatic rings. The monoisotopic (exact) mass is 1030 g/mol. The zero-order chi connectivity index (χ0) is 52.9. The van der Waals surface area contributed by atoms with E-state index in [4.69, 9.17) is 4.74 Å². The highest BCUT2D eigenvalue weighted by atomic mass is 16.5. The predicted molar refractivity (Wildman–Crippen MR) is 319 cm³/mol. The summed E-state index contributed by atoms with van der Waals surface area (Å²) < 4.78 is 5.45. The maximum atomic E-state index is 12.5. The van der Waals surface area contributed by atoms with Crippen molar-refractivity contribution in [1.82, 2.24) is 5.32 Å². The Labute approximate surface area is 455 Å².